The first-order valence-corrected chi connectivity index (χ1v) is 7.20. The van der Waals surface area contributed by atoms with Crippen LogP contribution in [0.1, 0.15) is 30.4 Å². The van der Waals surface area contributed by atoms with Crippen molar-refractivity contribution in [3.63, 3.8) is 0 Å². The Morgan fingerprint density at radius 2 is 2.35 bits per heavy atom. The van der Waals surface area contributed by atoms with Gasteiger partial charge < -0.3 is 10.1 Å². The van der Waals surface area contributed by atoms with Crippen molar-refractivity contribution in [1.29, 1.82) is 0 Å². The molecule has 0 aliphatic carbocycles. The van der Waals surface area contributed by atoms with E-state index in [9.17, 15) is 10.1 Å². The number of nitro groups is 1. The lowest BCUT2D eigenvalue weighted by atomic mass is 9.97. The molecule has 1 fully saturated rings. The molecule has 0 radical (unpaired) electrons. The smallest absolute Gasteiger partial charge is 0.272 e. The number of nitro benzene ring substituents is 1. The third kappa shape index (κ3) is 4.02. The molecule has 1 atom stereocenters. The molecule has 0 saturated carbocycles. The lowest BCUT2D eigenvalue weighted by molar-refractivity contribution is -0.385. The molecule has 1 N–H and O–H groups in total. The average molecular weight is 278 g/mol. The van der Waals surface area contributed by atoms with Crippen LogP contribution in [0.3, 0.4) is 0 Å². The summed E-state index contributed by atoms with van der Waals surface area (Å²) in [7, 11) is 0. The molecule has 0 aromatic heterocycles. The van der Waals surface area contributed by atoms with Gasteiger partial charge in [0.05, 0.1) is 11.5 Å². The molecule has 0 spiro atoms. The summed E-state index contributed by atoms with van der Waals surface area (Å²) in [6.07, 6.45) is 3.57. The topological polar surface area (TPSA) is 64.4 Å². The molecule has 1 aromatic carbocycles. The van der Waals surface area contributed by atoms with Gasteiger partial charge in [0.1, 0.15) is 0 Å². The van der Waals surface area contributed by atoms with Crippen molar-refractivity contribution >= 4 is 5.69 Å². The highest BCUT2D eigenvalue weighted by atomic mass is 16.6. The van der Waals surface area contributed by atoms with Crippen LogP contribution in [0.5, 0.6) is 0 Å². The Bertz CT molecular complexity index is 456. The van der Waals surface area contributed by atoms with Crippen molar-refractivity contribution < 1.29 is 9.66 Å². The van der Waals surface area contributed by atoms with Gasteiger partial charge in [-0.25, -0.2) is 0 Å². The van der Waals surface area contributed by atoms with Crippen LogP contribution in [-0.4, -0.2) is 24.6 Å². The standard InChI is InChI=1S/C15H22N2O3/c1-12-14(5-2-6-15(12)17(18)19)11-20-9-7-13-4-3-8-16-10-13/h2,5-6,13,16H,3-4,7-11H2,1H3. The molecular formula is C15H22N2O3. The predicted octanol–water partition coefficient (Wildman–Crippen LogP) is 2.81. The highest BCUT2D eigenvalue weighted by Crippen LogP contribution is 2.22. The second-order valence-electron chi connectivity index (χ2n) is 5.37. The first-order valence-electron chi connectivity index (χ1n) is 7.20. The quantitative estimate of drug-likeness (QED) is 0.493. The average Bonchev–Trinajstić information content (AvgIpc) is 2.46. The maximum Gasteiger partial charge on any atom is 0.272 e. The maximum atomic E-state index is 10.9. The number of ether oxygens (including phenoxy) is 1. The third-order valence-corrected chi connectivity index (χ3v) is 3.94. The molecule has 1 aliphatic heterocycles. The lowest BCUT2D eigenvalue weighted by Crippen LogP contribution is -2.30. The lowest BCUT2D eigenvalue weighted by Gasteiger charge is -2.22. The SMILES string of the molecule is Cc1c(COCCC2CCCNC2)cccc1[N+](=O)[O-]. The normalized spacial score (nSPS) is 18.9. The zero-order valence-electron chi connectivity index (χ0n) is 11.9. The van der Waals surface area contributed by atoms with Crippen molar-refractivity contribution in [3.8, 4) is 0 Å². The molecule has 1 aliphatic rings. The minimum Gasteiger partial charge on any atom is -0.377 e. The molecule has 110 valence electrons. The van der Waals surface area contributed by atoms with Gasteiger partial charge >= 0.3 is 0 Å². The molecule has 5 nitrogen and oxygen atoms in total. The van der Waals surface area contributed by atoms with Crippen molar-refractivity contribution in [2.45, 2.75) is 32.8 Å². The van der Waals surface area contributed by atoms with Crippen LogP contribution in [0, 0.1) is 23.0 Å². The monoisotopic (exact) mass is 278 g/mol. The summed E-state index contributed by atoms with van der Waals surface area (Å²) in [5, 5.41) is 14.3. The summed E-state index contributed by atoms with van der Waals surface area (Å²) in [4.78, 5) is 10.5. The highest BCUT2D eigenvalue weighted by Gasteiger charge is 2.14. The van der Waals surface area contributed by atoms with Gasteiger partial charge in [-0.05, 0) is 50.8 Å². The van der Waals surface area contributed by atoms with E-state index >= 15 is 0 Å². The number of nitrogens with one attached hydrogen (secondary N) is 1. The zero-order chi connectivity index (χ0) is 14.4. The summed E-state index contributed by atoms with van der Waals surface area (Å²) in [5.74, 6) is 0.704. The Morgan fingerprint density at radius 1 is 1.50 bits per heavy atom. The van der Waals surface area contributed by atoms with Crippen LogP contribution in [0.4, 0.5) is 5.69 Å². The zero-order valence-corrected chi connectivity index (χ0v) is 11.9. The van der Waals surface area contributed by atoms with E-state index in [0.717, 1.165) is 25.1 Å². The van der Waals surface area contributed by atoms with E-state index < -0.39 is 0 Å². The Labute approximate surface area is 119 Å². The van der Waals surface area contributed by atoms with E-state index in [-0.39, 0.29) is 10.6 Å². The van der Waals surface area contributed by atoms with Gasteiger partial charge in [0.2, 0.25) is 0 Å². The van der Waals surface area contributed by atoms with E-state index in [1.165, 1.54) is 18.9 Å². The fourth-order valence-corrected chi connectivity index (χ4v) is 2.63. The van der Waals surface area contributed by atoms with E-state index in [0.29, 0.717) is 24.7 Å². The molecule has 20 heavy (non-hydrogen) atoms. The van der Waals surface area contributed by atoms with Crippen LogP contribution in [0.25, 0.3) is 0 Å². The molecule has 0 amide bonds. The van der Waals surface area contributed by atoms with E-state index in [4.69, 9.17) is 4.74 Å². The summed E-state index contributed by atoms with van der Waals surface area (Å²) in [5.41, 5.74) is 1.78. The Morgan fingerprint density at radius 3 is 3.05 bits per heavy atom. The minimum absolute atomic E-state index is 0.169. The summed E-state index contributed by atoms with van der Waals surface area (Å²) >= 11 is 0. The van der Waals surface area contributed by atoms with Crippen LogP contribution in [0.15, 0.2) is 18.2 Å². The van der Waals surface area contributed by atoms with Crippen molar-refractivity contribution in [2.75, 3.05) is 19.7 Å². The van der Waals surface area contributed by atoms with Crippen LogP contribution in [-0.2, 0) is 11.3 Å². The summed E-state index contributed by atoms with van der Waals surface area (Å²) in [6.45, 7) is 5.16. The Hall–Kier alpha value is -1.46. The van der Waals surface area contributed by atoms with Crippen molar-refractivity contribution in [1.82, 2.24) is 5.32 Å². The van der Waals surface area contributed by atoms with E-state index in [2.05, 4.69) is 5.32 Å². The fraction of sp³-hybridized carbons (Fsp3) is 0.600. The number of rotatable bonds is 6. The fourth-order valence-electron chi connectivity index (χ4n) is 2.63. The third-order valence-electron chi connectivity index (χ3n) is 3.94. The van der Waals surface area contributed by atoms with Crippen LogP contribution in [0.2, 0.25) is 0 Å². The second kappa shape index (κ2) is 7.36. The van der Waals surface area contributed by atoms with Crippen LogP contribution >= 0.6 is 0 Å². The first-order chi connectivity index (χ1) is 9.68. The molecule has 1 unspecified atom stereocenters. The predicted molar refractivity (Wildman–Crippen MR) is 77.7 cm³/mol. The van der Waals surface area contributed by atoms with Gasteiger partial charge in [-0.3, -0.25) is 10.1 Å². The number of nitrogens with zero attached hydrogens (tertiary/aromatic N) is 1. The Balaban J connectivity index is 1.79. The minimum atomic E-state index is -0.341. The number of hydrogen-bond acceptors (Lipinski definition) is 4. The number of benzene rings is 1. The van der Waals surface area contributed by atoms with Gasteiger partial charge in [0.25, 0.3) is 5.69 Å². The largest absolute Gasteiger partial charge is 0.377 e. The van der Waals surface area contributed by atoms with E-state index in [1.807, 2.05) is 6.07 Å². The second-order valence-corrected chi connectivity index (χ2v) is 5.37. The molecule has 2 rings (SSSR count). The molecule has 1 aromatic rings. The molecule has 1 heterocycles. The summed E-state index contributed by atoms with van der Waals surface area (Å²) in [6, 6.07) is 5.14. The molecular weight excluding hydrogens is 256 g/mol. The van der Waals surface area contributed by atoms with E-state index in [1.54, 1.807) is 13.0 Å². The van der Waals surface area contributed by atoms with Crippen LogP contribution < -0.4 is 5.32 Å². The number of piperidine rings is 1. The maximum absolute atomic E-state index is 10.9. The Kier molecular flexibility index (Phi) is 5.49. The van der Waals surface area contributed by atoms with Crippen molar-refractivity contribution in [3.05, 3.63) is 39.4 Å². The van der Waals surface area contributed by atoms with Gasteiger partial charge in [0.15, 0.2) is 0 Å². The molecule has 1 saturated heterocycles. The van der Waals surface area contributed by atoms with Gasteiger partial charge in [-0.1, -0.05) is 12.1 Å². The molecule has 0 bridgehead atoms. The van der Waals surface area contributed by atoms with Gasteiger partial charge in [0, 0.05) is 18.2 Å². The van der Waals surface area contributed by atoms with Crippen molar-refractivity contribution in [2.24, 2.45) is 5.92 Å². The highest BCUT2D eigenvalue weighted by molar-refractivity contribution is 5.44. The first kappa shape index (κ1) is 14.9. The summed E-state index contributed by atoms with van der Waals surface area (Å²) < 4.78 is 5.69. The van der Waals surface area contributed by atoms with Gasteiger partial charge in [-0.2, -0.15) is 0 Å². The molecule has 5 heteroatoms. The number of hydrogen-bond donors (Lipinski definition) is 1. The van der Waals surface area contributed by atoms with Gasteiger partial charge in [-0.15, -0.1) is 0 Å².